The Labute approximate surface area is 196 Å². The minimum atomic E-state index is -1.02. The molecule has 0 bridgehead atoms. The number of hydrogen-bond donors (Lipinski definition) is 1. The fourth-order valence-corrected chi connectivity index (χ4v) is 4.71. The van der Waals surface area contributed by atoms with Crippen LogP contribution in [0.2, 0.25) is 0 Å². The van der Waals surface area contributed by atoms with Crippen LogP contribution in [0.15, 0.2) is 53.6 Å². The van der Waals surface area contributed by atoms with E-state index in [-0.39, 0.29) is 17.5 Å². The van der Waals surface area contributed by atoms with E-state index >= 15 is 0 Å². The predicted octanol–water partition coefficient (Wildman–Crippen LogP) is 3.11. The normalized spacial score (nSPS) is 15.7. The van der Waals surface area contributed by atoms with Crippen LogP contribution in [0, 0.1) is 0 Å². The molecule has 1 atom stereocenters. The Morgan fingerprint density at radius 3 is 2.56 bits per heavy atom. The summed E-state index contributed by atoms with van der Waals surface area (Å²) in [6.07, 6.45) is 4.71. The van der Waals surface area contributed by atoms with Crippen molar-refractivity contribution in [3.8, 4) is 11.3 Å². The molecule has 174 valence electrons. The van der Waals surface area contributed by atoms with Crippen molar-refractivity contribution in [3.05, 3.63) is 64.8 Å². The first-order valence-electron chi connectivity index (χ1n) is 11.7. The molecular weight excluding hydrogens is 430 g/mol. The molecule has 1 N–H and O–H groups in total. The number of amides is 1. The molecule has 4 aromatic rings. The Balaban J connectivity index is 1.60. The van der Waals surface area contributed by atoms with E-state index in [1.165, 1.54) is 6.92 Å². The van der Waals surface area contributed by atoms with Crippen molar-refractivity contribution in [3.63, 3.8) is 0 Å². The molecule has 1 fully saturated rings. The molecule has 1 amide bonds. The molecular formula is C26H27N5O3. The number of piperidine rings is 1. The quantitative estimate of drug-likeness (QED) is 0.473. The monoisotopic (exact) mass is 457 g/mol. The number of carbonyl (C=O) groups is 1. The summed E-state index contributed by atoms with van der Waals surface area (Å²) in [5.74, 6) is -0.271. The van der Waals surface area contributed by atoms with Crippen molar-refractivity contribution < 1.29 is 9.90 Å². The van der Waals surface area contributed by atoms with Gasteiger partial charge >= 0.3 is 0 Å². The highest BCUT2D eigenvalue weighted by molar-refractivity contribution is 6.01. The average Bonchev–Trinajstić information content (AvgIpc) is 2.88. The van der Waals surface area contributed by atoms with E-state index in [9.17, 15) is 14.7 Å². The molecule has 0 radical (unpaired) electrons. The third-order valence-electron chi connectivity index (χ3n) is 6.58. The summed E-state index contributed by atoms with van der Waals surface area (Å²) in [6, 6.07) is 11.2. The number of rotatable bonds is 4. The van der Waals surface area contributed by atoms with Crippen molar-refractivity contribution in [2.45, 2.75) is 45.3 Å². The van der Waals surface area contributed by atoms with E-state index in [0.29, 0.717) is 31.4 Å². The fraction of sp³-hybridized carbons (Fsp3) is 0.346. The SMILES string of the molecule is CCc1ccc(-c2ccc3ncc4ccc(=O)n(C5CCN(C(=O)[C@@H](C)O)CC5)c4c3n2)cn1. The van der Waals surface area contributed by atoms with Gasteiger partial charge in [-0.05, 0) is 56.5 Å². The average molecular weight is 458 g/mol. The van der Waals surface area contributed by atoms with Gasteiger partial charge in [-0.3, -0.25) is 19.6 Å². The minimum absolute atomic E-state index is 0.0733. The zero-order valence-corrected chi connectivity index (χ0v) is 19.3. The highest BCUT2D eigenvalue weighted by Crippen LogP contribution is 2.30. The molecule has 1 aliphatic heterocycles. The van der Waals surface area contributed by atoms with Gasteiger partial charge in [0.25, 0.3) is 11.5 Å². The first kappa shape index (κ1) is 22.2. The maximum absolute atomic E-state index is 13.1. The largest absolute Gasteiger partial charge is 0.384 e. The number of aliphatic hydroxyl groups excluding tert-OH is 1. The fourth-order valence-electron chi connectivity index (χ4n) is 4.71. The lowest BCUT2D eigenvalue weighted by atomic mass is 10.0. The molecule has 34 heavy (non-hydrogen) atoms. The van der Waals surface area contributed by atoms with Gasteiger partial charge in [-0.2, -0.15) is 0 Å². The van der Waals surface area contributed by atoms with Gasteiger partial charge in [-0.15, -0.1) is 0 Å². The van der Waals surface area contributed by atoms with Gasteiger partial charge in [0, 0.05) is 54.2 Å². The van der Waals surface area contributed by atoms with E-state index < -0.39 is 6.10 Å². The maximum Gasteiger partial charge on any atom is 0.251 e. The number of hydrogen-bond acceptors (Lipinski definition) is 6. The minimum Gasteiger partial charge on any atom is -0.384 e. The molecule has 1 saturated heterocycles. The number of aryl methyl sites for hydroxylation is 1. The third kappa shape index (κ3) is 3.94. The summed E-state index contributed by atoms with van der Waals surface area (Å²) in [5, 5.41) is 10.5. The van der Waals surface area contributed by atoms with Crippen LogP contribution < -0.4 is 5.56 Å². The van der Waals surface area contributed by atoms with Gasteiger partial charge < -0.3 is 14.6 Å². The van der Waals surface area contributed by atoms with Gasteiger partial charge in [0.1, 0.15) is 11.6 Å². The highest BCUT2D eigenvalue weighted by Gasteiger charge is 2.27. The third-order valence-corrected chi connectivity index (χ3v) is 6.58. The molecule has 5 heterocycles. The van der Waals surface area contributed by atoms with Gasteiger partial charge in [0.2, 0.25) is 0 Å². The van der Waals surface area contributed by atoms with Gasteiger partial charge in [0.05, 0.1) is 16.7 Å². The van der Waals surface area contributed by atoms with Crippen LogP contribution in [-0.2, 0) is 11.2 Å². The molecule has 5 rings (SSSR count). The van der Waals surface area contributed by atoms with Crippen molar-refractivity contribution in [1.82, 2.24) is 24.4 Å². The molecule has 0 aromatic carbocycles. The molecule has 0 spiro atoms. The maximum atomic E-state index is 13.1. The molecule has 4 aromatic heterocycles. The van der Waals surface area contributed by atoms with Crippen LogP contribution in [0.25, 0.3) is 33.2 Å². The molecule has 8 heteroatoms. The molecule has 8 nitrogen and oxygen atoms in total. The van der Waals surface area contributed by atoms with Crippen LogP contribution in [0.5, 0.6) is 0 Å². The van der Waals surface area contributed by atoms with Gasteiger partial charge in [-0.25, -0.2) is 4.98 Å². The summed E-state index contributed by atoms with van der Waals surface area (Å²) in [5.41, 5.74) is 4.76. The number of carbonyl (C=O) groups excluding carboxylic acids is 1. The van der Waals surface area contributed by atoms with Crippen molar-refractivity contribution in [2.24, 2.45) is 0 Å². The van der Waals surface area contributed by atoms with Gasteiger partial charge in [-0.1, -0.05) is 6.92 Å². The van der Waals surface area contributed by atoms with E-state index in [1.54, 1.807) is 23.2 Å². The summed E-state index contributed by atoms with van der Waals surface area (Å²) in [7, 11) is 0. The van der Waals surface area contributed by atoms with E-state index in [4.69, 9.17) is 4.98 Å². The zero-order valence-electron chi connectivity index (χ0n) is 19.3. The van der Waals surface area contributed by atoms with E-state index in [0.717, 1.165) is 39.8 Å². The second-order valence-electron chi connectivity index (χ2n) is 8.79. The Bertz CT molecular complexity index is 1420. The Morgan fingerprint density at radius 1 is 1.09 bits per heavy atom. The van der Waals surface area contributed by atoms with E-state index in [2.05, 4.69) is 16.9 Å². The van der Waals surface area contributed by atoms with Crippen LogP contribution in [0.4, 0.5) is 0 Å². The number of nitrogens with zero attached hydrogens (tertiary/aromatic N) is 5. The molecule has 1 aliphatic rings. The standard InChI is InChI=1S/C26H27N5O3/c1-3-19-6-4-17(14-27-19)21-7-8-22-24(29-21)25-18(15-28-22)5-9-23(33)31(25)20-10-12-30(13-11-20)26(34)16(2)32/h4-9,14-16,20,32H,3,10-13H2,1-2H3/t16-/m1/s1. The lowest BCUT2D eigenvalue weighted by Crippen LogP contribution is -2.44. The van der Waals surface area contributed by atoms with Crippen LogP contribution in [-0.4, -0.2) is 54.6 Å². The second kappa shape index (κ2) is 8.95. The van der Waals surface area contributed by atoms with Gasteiger partial charge in [0.15, 0.2) is 0 Å². The van der Waals surface area contributed by atoms with Crippen LogP contribution in [0.3, 0.4) is 0 Å². The van der Waals surface area contributed by atoms with Crippen LogP contribution >= 0.6 is 0 Å². The lowest BCUT2D eigenvalue weighted by Gasteiger charge is -2.34. The zero-order chi connectivity index (χ0) is 23.8. The van der Waals surface area contributed by atoms with Crippen LogP contribution in [0.1, 0.15) is 38.4 Å². The number of fused-ring (bicyclic) bond motifs is 3. The second-order valence-corrected chi connectivity index (χ2v) is 8.79. The smallest absolute Gasteiger partial charge is 0.251 e. The Morgan fingerprint density at radius 2 is 1.88 bits per heavy atom. The molecule has 0 saturated carbocycles. The summed E-state index contributed by atoms with van der Waals surface area (Å²) in [6.45, 7) is 4.54. The van der Waals surface area contributed by atoms with Crippen molar-refractivity contribution in [1.29, 1.82) is 0 Å². The number of likely N-dealkylation sites (tertiary alicyclic amines) is 1. The lowest BCUT2D eigenvalue weighted by molar-refractivity contribution is -0.140. The summed E-state index contributed by atoms with van der Waals surface area (Å²) >= 11 is 0. The topological polar surface area (TPSA) is 101 Å². The Hall–Kier alpha value is -3.65. The highest BCUT2D eigenvalue weighted by atomic mass is 16.3. The van der Waals surface area contributed by atoms with Crippen molar-refractivity contribution in [2.75, 3.05) is 13.1 Å². The van der Waals surface area contributed by atoms with Crippen molar-refractivity contribution >= 4 is 27.8 Å². The number of pyridine rings is 4. The number of aromatic nitrogens is 4. The molecule has 0 unspecified atom stereocenters. The first-order valence-corrected chi connectivity index (χ1v) is 11.7. The Kier molecular flexibility index (Phi) is 5.83. The first-order chi connectivity index (χ1) is 16.5. The summed E-state index contributed by atoms with van der Waals surface area (Å²) < 4.78 is 1.82. The summed E-state index contributed by atoms with van der Waals surface area (Å²) in [4.78, 5) is 41.0. The van der Waals surface area contributed by atoms with E-state index in [1.807, 2.05) is 35.0 Å². The predicted molar refractivity (Wildman–Crippen MR) is 130 cm³/mol. The molecule has 0 aliphatic carbocycles. The number of aliphatic hydroxyl groups is 1.